The van der Waals surface area contributed by atoms with Crippen LogP contribution in [0.2, 0.25) is 0 Å². The summed E-state index contributed by atoms with van der Waals surface area (Å²) in [5, 5.41) is 28.8. The Kier molecular flexibility index (Phi) is 8.92. The molecule has 9 nitrogen and oxygen atoms in total. The van der Waals surface area contributed by atoms with Crippen molar-refractivity contribution in [2.45, 2.75) is 19.1 Å². The van der Waals surface area contributed by atoms with Crippen LogP contribution in [-0.4, -0.2) is 45.3 Å². The fraction of sp³-hybridized carbons (Fsp3) is 0.156. The Morgan fingerprint density at radius 2 is 1.59 bits per heavy atom. The van der Waals surface area contributed by atoms with E-state index < -0.39 is 6.04 Å². The van der Waals surface area contributed by atoms with Gasteiger partial charge in [0.15, 0.2) is 0 Å². The van der Waals surface area contributed by atoms with Crippen LogP contribution in [-0.2, 0) is 13.1 Å². The number of rotatable bonds is 11. The van der Waals surface area contributed by atoms with E-state index in [1.807, 2.05) is 84.9 Å². The fourth-order valence-electron chi connectivity index (χ4n) is 4.45. The third kappa shape index (κ3) is 6.74. The second-order valence-electron chi connectivity index (χ2n) is 9.57. The van der Waals surface area contributed by atoms with Crippen molar-refractivity contribution >= 4 is 34.1 Å². The van der Waals surface area contributed by atoms with Gasteiger partial charge in [-0.25, -0.2) is 9.97 Å². The van der Waals surface area contributed by atoms with Crippen LogP contribution in [0.4, 0.5) is 17.3 Å². The SMILES string of the molecule is NCc1ccc(CNC(CO)CO)cc1NC(=O)c1ccc(Nc2nc(-c3ccccc3)c3ccccc3n2)cc1. The molecule has 0 spiro atoms. The first-order valence-corrected chi connectivity index (χ1v) is 13.4. The maximum absolute atomic E-state index is 13.1. The summed E-state index contributed by atoms with van der Waals surface area (Å²) in [5.41, 5.74) is 12.1. The standard InChI is InChI=1S/C32H32N6O3/c33-17-24-11-10-21(18-34-26(19-39)20-40)16-29(24)36-31(41)23-12-14-25(15-13-23)35-32-37-28-9-5-4-8-27(28)30(38-32)22-6-2-1-3-7-22/h1-16,26,34,39-40H,17-20,33H2,(H,36,41)(H,35,37,38). The molecule has 0 saturated carbocycles. The lowest BCUT2D eigenvalue weighted by molar-refractivity contribution is 0.102. The molecule has 208 valence electrons. The van der Waals surface area contributed by atoms with Crippen LogP contribution in [0.15, 0.2) is 97.1 Å². The molecule has 7 N–H and O–H groups in total. The predicted octanol–water partition coefficient (Wildman–Crippen LogP) is 4.19. The van der Waals surface area contributed by atoms with Crippen LogP contribution in [0.5, 0.6) is 0 Å². The Morgan fingerprint density at radius 1 is 0.854 bits per heavy atom. The summed E-state index contributed by atoms with van der Waals surface area (Å²) in [7, 11) is 0. The zero-order valence-electron chi connectivity index (χ0n) is 22.4. The van der Waals surface area contributed by atoms with Crippen molar-refractivity contribution in [3.63, 3.8) is 0 Å². The largest absolute Gasteiger partial charge is 0.395 e. The number of hydrogen-bond acceptors (Lipinski definition) is 8. The minimum absolute atomic E-state index is 0.174. The molecule has 0 aliphatic heterocycles. The maximum Gasteiger partial charge on any atom is 0.255 e. The van der Waals surface area contributed by atoms with E-state index in [0.717, 1.165) is 39.0 Å². The third-order valence-corrected chi connectivity index (χ3v) is 6.73. The number of fused-ring (bicyclic) bond motifs is 1. The van der Waals surface area contributed by atoms with Crippen LogP contribution in [0.1, 0.15) is 21.5 Å². The predicted molar refractivity (Wildman–Crippen MR) is 162 cm³/mol. The average molecular weight is 549 g/mol. The van der Waals surface area contributed by atoms with Gasteiger partial charge in [0.05, 0.1) is 30.5 Å². The molecule has 1 amide bonds. The number of nitrogens with zero attached hydrogens (tertiary/aromatic N) is 2. The van der Waals surface area contributed by atoms with E-state index in [0.29, 0.717) is 23.7 Å². The molecular formula is C32H32N6O3. The van der Waals surface area contributed by atoms with Crippen molar-refractivity contribution in [2.24, 2.45) is 5.73 Å². The number of aromatic nitrogens is 2. The van der Waals surface area contributed by atoms with E-state index >= 15 is 0 Å². The second kappa shape index (κ2) is 13.1. The van der Waals surface area contributed by atoms with Crippen molar-refractivity contribution in [1.29, 1.82) is 0 Å². The lowest BCUT2D eigenvalue weighted by Crippen LogP contribution is -2.35. The number of hydrogen-bond donors (Lipinski definition) is 6. The van der Waals surface area contributed by atoms with Crippen molar-refractivity contribution in [3.05, 3.63) is 114 Å². The minimum atomic E-state index is -0.417. The number of amides is 1. The summed E-state index contributed by atoms with van der Waals surface area (Å²) in [6.45, 7) is 0.335. The van der Waals surface area contributed by atoms with Gasteiger partial charge in [-0.2, -0.15) is 0 Å². The highest BCUT2D eigenvalue weighted by Crippen LogP contribution is 2.28. The molecule has 9 heteroatoms. The number of aliphatic hydroxyl groups is 2. The van der Waals surface area contributed by atoms with E-state index in [9.17, 15) is 15.0 Å². The van der Waals surface area contributed by atoms with E-state index in [-0.39, 0.29) is 25.7 Å². The Hall–Kier alpha value is -4.67. The molecule has 41 heavy (non-hydrogen) atoms. The number of anilines is 3. The van der Waals surface area contributed by atoms with Gasteiger partial charge in [0.1, 0.15) is 0 Å². The quantitative estimate of drug-likeness (QED) is 0.144. The summed E-state index contributed by atoms with van der Waals surface area (Å²) in [5.74, 6) is 0.190. The third-order valence-electron chi connectivity index (χ3n) is 6.73. The first-order valence-electron chi connectivity index (χ1n) is 13.4. The molecular weight excluding hydrogens is 516 g/mol. The molecule has 5 aromatic rings. The van der Waals surface area contributed by atoms with Crippen molar-refractivity contribution in [3.8, 4) is 11.3 Å². The summed E-state index contributed by atoms with van der Waals surface area (Å²) in [6.07, 6.45) is 0. The molecule has 0 saturated heterocycles. The van der Waals surface area contributed by atoms with Crippen LogP contribution < -0.4 is 21.7 Å². The topological polar surface area (TPSA) is 145 Å². The zero-order valence-corrected chi connectivity index (χ0v) is 22.4. The molecule has 0 fully saturated rings. The first-order chi connectivity index (χ1) is 20.1. The maximum atomic E-state index is 13.1. The van der Waals surface area contributed by atoms with E-state index in [1.165, 1.54) is 0 Å². The summed E-state index contributed by atoms with van der Waals surface area (Å²) >= 11 is 0. The zero-order chi connectivity index (χ0) is 28.6. The van der Waals surface area contributed by atoms with Gasteiger partial charge in [-0.3, -0.25) is 4.79 Å². The van der Waals surface area contributed by atoms with Crippen LogP contribution in [0.25, 0.3) is 22.2 Å². The molecule has 0 bridgehead atoms. The van der Waals surface area contributed by atoms with Crippen molar-refractivity contribution < 1.29 is 15.0 Å². The lowest BCUT2D eigenvalue weighted by Gasteiger charge is -2.16. The highest BCUT2D eigenvalue weighted by molar-refractivity contribution is 6.05. The smallest absolute Gasteiger partial charge is 0.255 e. The molecule has 0 unspecified atom stereocenters. The van der Waals surface area contributed by atoms with Crippen molar-refractivity contribution in [1.82, 2.24) is 15.3 Å². The van der Waals surface area contributed by atoms with Gasteiger partial charge in [-0.1, -0.05) is 60.7 Å². The monoisotopic (exact) mass is 548 g/mol. The second-order valence-corrected chi connectivity index (χ2v) is 9.57. The molecule has 0 aliphatic rings. The molecule has 0 radical (unpaired) electrons. The average Bonchev–Trinajstić information content (AvgIpc) is 3.02. The molecule has 1 heterocycles. The lowest BCUT2D eigenvalue weighted by atomic mass is 10.1. The van der Waals surface area contributed by atoms with Crippen LogP contribution >= 0.6 is 0 Å². The number of nitrogens with two attached hydrogens (primary N) is 1. The highest BCUT2D eigenvalue weighted by atomic mass is 16.3. The molecule has 5 rings (SSSR count). The first kappa shape index (κ1) is 27.9. The highest BCUT2D eigenvalue weighted by Gasteiger charge is 2.13. The fourth-order valence-corrected chi connectivity index (χ4v) is 4.45. The number of nitrogens with one attached hydrogen (secondary N) is 3. The Bertz CT molecular complexity index is 1620. The van der Waals surface area contributed by atoms with Gasteiger partial charge in [-0.05, 0) is 47.5 Å². The Morgan fingerprint density at radius 3 is 2.32 bits per heavy atom. The number of aliphatic hydroxyl groups excluding tert-OH is 2. The van der Waals surface area contributed by atoms with E-state index in [2.05, 4.69) is 20.9 Å². The number of benzene rings is 4. The van der Waals surface area contributed by atoms with Gasteiger partial charge in [0.2, 0.25) is 5.95 Å². The molecule has 0 atom stereocenters. The molecule has 4 aromatic carbocycles. The number of para-hydroxylation sites is 1. The van der Waals surface area contributed by atoms with Crippen LogP contribution in [0, 0.1) is 0 Å². The van der Waals surface area contributed by atoms with Gasteiger partial charge in [-0.15, -0.1) is 0 Å². The Balaban J connectivity index is 1.31. The van der Waals surface area contributed by atoms with E-state index in [1.54, 1.807) is 12.1 Å². The Labute approximate surface area is 238 Å². The summed E-state index contributed by atoms with van der Waals surface area (Å²) in [4.78, 5) is 22.6. The molecule has 0 aliphatic carbocycles. The van der Waals surface area contributed by atoms with Gasteiger partial charge in [0, 0.05) is 41.0 Å². The van der Waals surface area contributed by atoms with E-state index in [4.69, 9.17) is 10.7 Å². The normalized spacial score (nSPS) is 11.1. The van der Waals surface area contributed by atoms with Crippen molar-refractivity contribution in [2.75, 3.05) is 23.8 Å². The van der Waals surface area contributed by atoms with Gasteiger partial charge in [0.25, 0.3) is 5.91 Å². The number of carbonyl (C=O) groups excluding carboxylic acids is 1. The number of carbonyl (C=O) groups is 1. The molecule has 1 aromatic heterocycles. The van der Waals surface area contributed by atoms with Crippen LogP contribution in [0.3, 0.4) is 0 Å². The summed E-state index contributed by atoms with van der Waals surface area (Å²) in [6, 6.07) is 30.1. The minimum Gasteiger partial charge on any atom is -0.395 e. The van der Waals surface area contributed by atoms with Gasteiger partial charge >= 0.3 is 0 Å². The van der Waals surface area contributed by atoms with Gasteiger partial charge < -0.3 is 31.9 Å². The summed E-state index contributed by atoms with van der Waals surface area (Å²) < 4.78 is 0.